The Bertz CT molecular complexity index is 59.9. The highest BCUT2D eigenvalue weighted by Crippen LogP contribution is 1.87. The smallest absolute Gasteiger partial charge is 0.0996 e. The Labute approximate surface area is 56.6 Å². The number of rotatable bonds is 3. The van der Waals surface area contributed by atoms with E-state index in [0.717, 1.165) is 11.0 Å². The predicted molar refractivity (Wildman–Crippen MR) is 36.2 cm³/mol. The standard InChI is InChI=1S/C5H13NOS/c1-6(2,3)4-5-7-8/h4-5H2,1-3H3. The summed E-state index contributed by atoms with van der Waals surface area (Å²) in [5.74, 6) is 0. The molecule has 2 nitrogen and oxygen atoms in total. The van der Waals surface area contributed by atoms with Crippen LogP contribution in [0.1, 0.15) is 0 Å². The average molecular weight is 135 g/mol. The van der Waals surface area contributed by atoms with Crippen molar-refractivity contribution in [2.45, 2.75) is 0 Å². The van der Waals surface area contributed by atoms with E-state index in [1.807, 2.05) is 0 Å². The lowest BCUT2D eigenvalue weighted by Gasteiger charge is -2.24. The third kappa shape index (κ3) is 6.27. The summed E-state index contributed by atoms with van der Waals surface area (Å²) in [7, 11) is 6.32. The Balaban J connectivity index is 3.11. The molecule has 3 heteroatoms. The van der Waals surface area contributed by atoms with Gasteiger partial charge < -0.3 is 21.6 Å². The molecular formula is C5H13NOS. The molecule has 8 heavy (non-hydrogen) atoms. The van der Waals surface area contributed by atoms with Crippen LogP contribution in [0.25, 0.3) is 0 Å². The van der Waals surface area contributed by atoms with Crippen LogP contribution in [0.5, 0.6) is 0 Å². The monoisotopic (exact) mass is 135 g/mol. The zero-order chi connectivity index (χ0) is 6.62. The highest BCUT2D eigenvalue weighted by Gasteiger charge is 2.02. The van der Waals surface area contributed by atoms with Gasteiger partial charge in [0.1, 0.15) is 0 Å². The van der Waals surface area contributed by atoms with Crippen LogP contribution in [0.4, 0.5) is 0 Å². The molecule has 0 saturated heterocycles. The molecule has 0 aromatic carbocycles. The van der Waals surface area contributed by atoms with Gasteiger partial charge in [0.15, 0.2) is 0 Å². The van der Waals surface area contributed by atoms with Crippen molar-refractivity contribution in [3.05, 3.63) is 0 Å². The van der Waals surface area contributed by atoms with Gasteiger partial charge in [0, 0.05) is 0 Å². The average Bonchev–Trinajstić information content (AvgIpc) is 1.59. The van der Waals surface area contributed by atoms with Crippen LogP contribution in [0.15, 0.2) is 0 Å². The first-order valence-corrected chi connectivity index (χ1v) is 2.95. The van der Waals surface area contributed by atoms with Crippen LogP contribution in [0, 0.1) is 0 Å². The third-order valence-corrected chi connectivity index (χ3v) is 1.01. The summed E-state index contributed by atoms with van der Waals surface area (Å²) in [4.78, 5) is 0. The van der Waals surface area contributed by atoms with Crippen molar-refractivity contribution in [3.8, 4) is 0 Å². The number of hydrogen-bond acceptors (Lipinski definition) is 2. The van der Waals surface area contributed by atoms with E-state index in [1.165, 1.54) is 0 Å². The molecule has 0 aliphatic carbocycles. The van der Waals surface area contributed by atoms with E-state index in [2.05, 4.69) is 38.2 Å². The number of quaternary nitrogens is 1. The van der Waals surface area contributed by atoms with E-state index < -0.39 is 0 Å². The Morgan fingerprint density at radius 3 is 2.00 bits per heavy atom. The van der Waals surface area contributed by atoms with E-state index in [1.54, 1.807) is 0 Å². The second kappa shape index (κ2) is 3.33. The van der Waals surface area contributed by atoms with E-state index >= 15 is 0 Å². The molecule has 0 rings (SSSR count). The van der Waals surface area contributed by atoms with Crippen molar-refractivity contribution in [3.63, 3.8) is 0 Å². The third-order valence-electron chi connectivity index (χ3n) is 0.845. The largest absolute Gasteiger partial charge is 0.623 e. The van der Waals surface area contributed by atoms with Crippen molar-refractivity contribution in [2.75, 3.05) is 34.3 Å². The Morgan fingerprint density at radius 2 is 1.88 bits per heavy atom. The molecule has 0 unspecified atom stereocenters. The minimum absolute atomic E-state index is 0.666. The summed E-state index contributed by atoms with van der Waals surface area (Å²) in [6.07, 6.45) is 0. The summed E-state index contributed by atoms with van der Waals surface area (Å²) in [5.41, 5.74) is 0. The lowest BCUT2D eigenvalue weighted by molar-refractivity contribution is -0.870. The van der Waals surface area contributed by atoms with Crippen molar-refractivity contribution in [2.24, 2.45) is 0 Å². The molecule has 0 spiro atoms. The maximum Gasteiger partial charge on any atom is 0.0996 e. The molecule has 0 aliphatic rings. The predicted octanol–water partition coefficient (Wildman–Crippen LogP) is 0.171. The fourth-order valence-electron chi connectivity index (χ4n) is 0.311. The summed E-state index contributed by atoms with van der Waals surface area (Å²) in [6.45, 7) is 1.64. The van der Waals surface area contributed by atoms with Gasteiger partial charge in [-0.15, -0.1) is 0 Å². The minimum Gasteiger partial charge on any atom is -0.623 e. The molecule has 0 N–H and O–H groups in total. The first-order valence-electron chi connectivity index (χ1n) is 2.61. The van der Waals surface area contributed by atoms with Crippen LogP contribution in [0.2, 0.25) is 0 Å². The summed E-state index contributed by atoms with van der Waals surface area (Å²) >= 11 is 4.31. The van der Waals surface area contributed by atoms with E-state index in [-0.39, 0.29) is 0 Å². The van der Waals surface area contributed by atoms with Crippen LogP contribution < -0.4 is 0 Å². The molecule has 0 aromatic heterocycles. The highest BCUT2D eigenvalue weighted by molar-refractivity contribution is 7.53. The summed E-state index contributed by atoms with van der Waals surface area (Å²) < 4.78 is 5.40. The van der Waals surface area contributed by atoms with E-state index in [9.17, 15) is 0 Å². The van der Waals surface area contributed by atoms with Gasteiger partial charge in [0.05, 0.1) is 34.3 Å². The van der Waals surface area contributed by atoms with E-state index in [4.69, 9.17) is 0 Å². The minimum atomic E-state index is 0.666. The van der Waals surface area contributed by atoms with Gasteiger partial charge in [-0.1, -0.05) is 0 Å². The van der Waals surface area contributed by atoms with Crippen molar-refractivity contribution in [1.29, 1.82) is 0 Å². The fourth-order valence-corrected chi connectivity index (χ4v) is 0.386. The van der Waals surface area contributed by atoms with Gasteiger partial charge in [0.2, 0.25) is 0 Å². The van der Waals surface area contributed by atoms with Crippen LogP contribution in [-0.4, -0.2) is 38.8 Å². The molecule has 0 aromatic rings. The molecule has 0 heterocycles. The Hall–Kier alpha value is 0.270. The zero-order valence-corrected chi connectivity index (χ0v) is 6.49. The summed E-state index contributed by atoms with van der Waals surface area (Å²) in [6, 6.07) is 0. The molecule has 0 amide bonds. The quantitative estimate of drug-likeness (QED) is 0.403. The maximum atomic E-state index is 4.49. The van der Waals surface area contributed by atoms with Crippen LogP contribution in [0.3, 0.4) is 0 Å². The molecule has 0 atom stereocenters. The number of likely N-dealkylation sites (N-methyl/N-ethyl adjacent to an activating group) is 1. The van der Waals surface area contributed by atoms with Gasteiger partial charge in [0.25, 0.3) is 0 Å². The van der Waals surface area contributed by atoms with Crippen molar-refractivity contribution < 1.29 is 8.67 Å². The molecular weight excluding hydrogens is 122 g/mol. The molecule has 0 saturated carbocycles. The molecule has 50 valence electrons. The molecule has 0 bridgehead atoms. The van der Waals surface area contributed by atoms with Gasteiger partial charge in [-0.25, -0.2) is 0 Å². The van der Waals surface area contributed by atoms with E-state index in [0.29, 0.717) is 6.61 Å². The Kier molecular flexibility index (Phi) is 3.44. The first-order chi connectivity index (χ1) is 3.56. The van der Waals surface area contributed by atoms with Crippen LogP contribution >= 0.6 is 0 Å². The lowest BCUT2D eigenvalue weighted by Crippen LogP contribution is -2.37. The number of nitrogens with zero attached hydrogens (tertiary/aromatic N) is 1. The van der Waals surface area contributed by atoms with Crippen LogP contribution in [-0.2, 0) is 17.1 Å². The SMILES string of the molecule is C[N+](C)(C)CCO[S-]. The highest BCUT2D eigenvalue weighted by atomic mass is 32.1. The zero-order valence-electron chi connectivity index (χ0n) is 5.68. The van der Waals surface area contributed by atoms with Crippen molar-refractivity contribution >= 4 is 12.9 Å². The van der Waals surface area contributed by atoms with Gasteiger partial charge in [-0.05, 0) is 0 Å². The molecule has 0 radical (unpaired) electrons. The van der Waals surface area contributed by atoms with Gasteiger partial charge in [-0.3, -0.25) is 0 Å². The second-order valence-corrected chi connectivity index (χ2v) is 3.07. The number of hydrogen-bond donors (Lipinski definition) is 0. The topological polar surface area (TPSA) is 9.23 Å². The van der Waals surface area contributed by atoms with Gasteiger partial charge >= 0.3 is 0 Å². The van der Waals surface area contributed by atoms with Gasteiger partial charge in [-0.2, -0.15) is 0 Å². The maximum absolute atomic E-state index is 4.49. The second-order valence-electron chi connectivity index (χ2n) is 2.84. The first kappa shape index (κ1) is 8.27. The molecule has 0 aliphatic heterocycles. The fraction of sp³-hybridized carbons (Fsp3) is 1.00. The normalized spacial score (nSPS) is 12.0. The molecule has 0 fully saturated rings. The van der Waals surface area contributed by atoms with Crippen molar-refractivity contribution in [1.82, 2.24) is 0 Å². The Morgan fingerprint density at radius 1 is 1.38 bits per heavy atom. The lowest BCUT2D eigenvalue weighted by atomic mass is 10.5. The summed E-state index contributed by atoms with van der Waals surface area (Å²) in [5, 5.41) is 0.